The summed E-state index contributed by atoms with van der Waals surface area (Å²) in [5, 5.41) is 9.50. The Morgan fingerprint density at radius 1 is 1.06 bits per heavy atom. The van der Waals surface area contributed by atoms with Crippen LogP contribution < -0.4 is 15.2 Å². The third-order valence-electron chi connectivity index (χ3n) is 4.82. The van der Waals surface area contributed by atoms with E-state index in [-0.39, 0.29) is 18.1 Å². The van der Waals surface area contributed by atoms with Crippen molar-refractivity contribution in [2.45, 2.75) is 65.5 Å². The Morgan fingerprint density at radius 2 is 1.62 bits per heavy atom. The van der Waals surface area contributed by atoms with Crippen molar-refractivity contribution in [2.24, 2.45) is 11.7 Å². The molecule has 2 unspecified atom stereocenters. The van der Waals surface area contributed by atoms with E-state index in [9.17, 15) is 24.3 Å². The third-order valence-corrected chi connectivity index (χ3v) is 4.82. The van der Waals surface area contributed by atoms with Gasteiger partial charge >= 0.3 is 24.1 Å². The van der Waals surface area contributed by atoms with Gasteiger partial charge in [0.1, 0.15) is 11.6 Å². The number of carbonyl (C=O) groups excluding carboxylic acids is 3. The molecular weight excluding hydrogens is 422 g/mol. The number of rotatable bonds is 10. The molecule has 178 valence electrons. The topological polar surface area (TPSA) is 151 Å². The molecule has 0 aromatic heterocycles. The number of carboxylic acid groups (broad SMARTS) is 1. The lowest BCUT2D eigenvalue weighted by Crippen LogP contribution is -2.41. The Kier molecular flexibility index (Phi) is 9.64. The fourth-order valence-corrected chi connectivity index (χ4v) is 2.88. The lowest BCUT2D eigenvalue weighted by molar-refractivity contribution is -0.139. The van der Waals surface area contributed by atoms with Crippen molar-refractivity contribution in [2.75, 3.05) is 6.61 Å². The highest BCUT2D eigenvalue weighted by Crippen LogP contribution is 2.36. The van der Waals surface area contributed by atoms with Gasteiger partial charge in [0.15, 0.2) is 11.5 Å². The Balaban J connectivity index is 3.20. The number of esters is 2. The Bertz CT molecular complexity index is 850. The van der Waals surface area contributed by atoms with Crippen LogP contribution in [0.3, 0.4) is 0 Å². The molecule has 0 radical (unpaired) electrons. The second-order valence-electron chi connectivity index (χ2n) is 8.04. The summed E-state index contributed by atoms with van der Waals surface area (Å²) in [5.41, 5.74) is 5.62. The largest absolute Gasteiger partial charge is 0.508 e. The van der Waals surface area contributed by atoms with Crippen LogP contribution in [0, 0.1) is 5.92 Å². The molecule has 0 aliphatic carbocycles. The first kappa shape index (κ1) is 26.9. The number of hydrogen-bond donors (Lipinski definition) is 2. The van der Waals surface area contributed by atoms with E-state index in [0.717, 1.165) is 0 Å². The smallest absolute Gasteiger partial charge is 0.480 e. The quantitative estimate of drug-likeness (QED) is 0.399. The highest BCUT2D eigenvalue weighted by atomic mass is 16.7. The Morgan fingerprint density at radius 3 is 2.12 bits per heavy atom. The molecule has 3 N–H and O–H groups in total. The minimum atomic E-state index is -1.36. The fourth-order valence-electron chi connectivity index (χ4n) is 2.88. The number of nitrogens with two attached hydrogens (primary N) is 1. The van der Waals surface area contributed by atoms with Gasteiger partial charge in [0.2, 0.25) is 0 Å². The summed E-state index contributed by atoms with van der Waals surface area (Å²) >= 11 is 0. The molecule has 3 atom stereocenters. The minimum absolute atomic E-state index is 0.00613. The van der Waals surface area contributed by atoms with E-state index >= 15 is 0 Å². The van der Waals surface area contributed by atoms with Crippen LogP contribution >= 0.6 is 0 Å². The second kappa shape index (κ2) is 11.5. The van der Waals surface area contributed by atoms with E-state index in [0.29, 0.717) is 12.0 Å². The van der Waals surface area contributed by atoms with Crippen molar-refractivity contribution >= 4 is 24.1 Å². The second-order valence-corrected chi connectivity index (χ2v) is 8.04. The molecule has 1 aromatic rings. The average molecular weight is 453 g/mol. The summed E-state index contributed by atoms with van der Waals surface area (Å²) in [7, 11) is 0. The maximum absolute atomic E-state index is 12.0. The summed E-state index contributed by atoms with van der Waals surface area (Å²) in [4.78, 5) is 46.5. The molecule has 0 heterocycles. The predicted octanol–water partition coefficient (Wildman–Crippen LogP) is 3.01. The van der Waals surface area contributed by atoms with Crippen LogP contribution in [0.5, 0.6) is 11.5 Å². The van der Waals surface area contributed by atoms with E-state index in [2.05, 4.69) is 0 Å². The molecule has 1 aromatic carbocycles. The van der Waals surface area contributed by atoms with E-state index < -0.39 is 47.5 Å². The molecule has 10 heteroatoms. The Labute approximate surface area is 187 Å². The predicted molar refractivity (Wildman–Crippen MR) is 113 cm³/mol. The summed E-state index contributed by atoms with van der Waals surface area (Å²) in [5.74, 6) is -4.01. The standard InChI is InChI=1S/C22H31NO9/c1-7-22(5,6)32-21(28)29-11-12(2)18(19(23)20(26)27)15-8-9-16(30-13(3)24)17(10-15)31-14(4)25/h8-10,12,18-19H,7,11,23H2,1-6H3,(H,26,27)/t12?,18?,19-/m0/s1. The number of benzene rings is 1. The zero-order valence-corrected chi connectivity index (χ0v) is 19.2. The van der Waals surface area contributed by atoms with Gasteiger partial charge in [0.25, 0.3) is 0 Å². The van der Waals surface area contributed by atoms with Gasteiger partial charge in [-0.05, 0) is 43.9 Å². The zero-order chi connectivity index (χ0) is 24.6. The van der Waals surface area contributed by atoms with Crippen molar-refractivity contribution in [1.29, 1.82) is 0 Å². The van der Waals surface area contributed by atoms with E-state index in [1.165, 1.54) is 32.0 Å². The van der Waals surface area contributed by atoms with Crippen LogP contribution in [0.4, 0.5) is 4.79 Å². The summed E-state index contributed by atoms with van der Waals surface area (Å²) in [6.07, 6.45) is -0.297. The van der Waals surface area contributed by atoms with Crippen molar-refractivity contribution in [3.05, 3.63) is 23.8 Å². The van der Waals surface area contributed by atoms with Crippen molar-refractivity contribution in [1.82, 2.24) is 0 Å². The van der Waals surface area contributed by atoms with Crippen LogP contribution in [0.2, 0.25) is 0 Å². The fraction of sp³-hybridized carbons (Fsp3) is 0.545. The number of hydrogen-bond acceptors (Lipinski definition) is 9. The molecule has 0 spiro atoms. The van der Waals surface area contributed by atoms with Crippen LogP contribution in [0.15, 0.2) is 18.2 Å². The molecule has 0 bridgehead atoms. The van der Waals surface area contributed by atoms with Crippen LogP contribution in [-0.2, 0) is 23.9 Å². The SMILES string of the molecule is CCC(C)(C)OC(=O)OCC(C)C(c1ccc(OC(C)=O)c(OC(C)=O)c1)[C@H](N)C(=O)O. The molecule has 10 nitrogen and oxygen atoms in total. The lowest BCUT2D eigenvalue weighted by Gasteiger charge is -2.28. The Hall–Kier alpha value is -3.14. The van der Waals surface area contributed by atoms with Gasteiger partial charge in [0.05, 0.1) is 6.61 Å². The first-order valence-electron chi connectivity index (χ1n) is 10.1. The summed E-state index contributed by atoms with van der Waals surface area (Å²) < 4.78 is 20.6. The van der Waals surface area contributed by atoms with Gasteiger partial charge in [0, 0.05) is 19.8 Å². The van der Waals surface area contributed by atoms with Crippen molar-refractivity contribution < 1.29 is 43.2 Å². The highest BCUT2D eigenvalue weighted by molar-refractivity contribution is 5.76. The van der Waals surface area contributed by atoms with Gasteiger partial charge in [-0.1, -0.05) is 19.9 Å². The molecule has 0 aliphatic rings. The highest BCUT2D eigenvalue weighted by Gasteiger charge is 2.33. The van der Waals surface area contributed by atoms with Gasteiger partial charge in [-0.15, -0.1) is 0 Å². The number of aliphatic carboxylic acids is 1. The number of carboxylic acids is 1. The molecule has 1 rings (SSSR count). The van der Waals surface area contributed by atoms with E-state index in [1.807, 2.05) is 6.92 Å². The van der Waals surface area contributed by atoms with Crippen LogP contribution in [0.1, 0.15) is 59.4 Å². The zero-order valence-electron chi connectivity index (χ0n) is 19.2. The molecule has 0 aliphatic heterocycles. The summed E-state index contributed by atoms with van der Waals surface area (Å²) in [6, 6.07) is 2.90. The molecule has 0 saturated carbocycles. The molecule has 0 amide bonds. The maximum Gasteiger partial charge on any atom is 0.508 e. The normalized spacial score (nSPS) is 14.0. The number of carbonyl (C=O) groups is 4. The minimum Gasteiger partial charge on any atom is -0.480 e. The van der Waals surface area contributed by atoms with Crippen molar-refractivity contribution in [3.8, 4) is 11.5 Å². The monoisotopic (exact) mass is 453 g/mol. The maximum atomic E-state index is 12.0. The van der Waals surface area contributed by atoms with Crippen molar-refractivity contribution in [3.63, 3.8) is 0 Å². The van der Waals surface area contributed by atoms with Gasteiger partial charge < -0.3 is 29.8 Å². The molecular formula is C22H31NO9. The average Bonchev–Trinajstić information content (AvgIpc) is 2.67. The van der Waals surface area contributed by atoms with Crippen LogP contribution in [-0.4, -0.2) is 47.4 Å². The molecule has 32 heavy (non-hydrogen) atoms. The molecule has 0 fully saturated rings. The van der Waals surface area contributed by atoms with E-state index in [1.54, 1.807) is 20.8 Å². The molecule has 0 saturated heterocycles. The first-order valence-corrected chi connectivity index (χ1v) is 10.1. The van der Waals surface area contributed by atoms with Gasteiger partial charge in [-0.25, -0.2) is 4.79 Å². The third kappa shape index (κ3) is 8.18. The number of ether oxygens (including phenoxy) is 4. The summed E-state index contributed by atoms with van der Waals surface area (Å²) in [6.45, 7) is 9.19. The van der Waals surface area contributed by atoms with E-state index in [4.69, 9.17) is 24.7 Å². The van der Waals surface area contributed by atoms with Gasteiger partial charge in [-0.2, -0.15) is 0 Å². The first-order chi connectivity index (χ1) is 14.8. The van der Waals surface area contributed by atoms with Crippen LogP contribution in [0.25, 0.3) is 0 Å². The lowest BCUT2D eigenvalue weighted by atomic mass is 9.82. The van der Waals surface area contributed by atoms with Gasteiger partial charge in [-0.3, -0.25) is 14.4 Å².